The first-order chi connectivity index (χ1) is 33.8. The van der Waals surface area contributed by atoms with Gasteiger partial charge in [-0.1, -0.05) is 194 Å². The molecule has 16 rings (SSSR count). The fraction of sp³-hybridized carbons (Fsp3) is 0. The van der Waals surface area contributed by atoms with Crippen LogP contribution < -0.4 is 31.5 Å². The van der Waals surface area contributed by atoms with Crippen molar-refractivity contribution in [2.75, 3.05) is 9.62 Å². The molecule has 4 heterocycles. The molecular formula is C64H38B2N2. The molecule has 4 aliphatic rings. The maximum atomic E-state index is 2.61. The van der Waals surface area contributed by atoms with Crippen LogP contribution in [-0.2, 0) is 0 Å². The van der Waals surface area contributed by atoms with Crippen molar-refractivity contribution < 1.29 is 0 Å². The van der Waals surface area contributed by atoms with E-state index in [0.717, 1.165) is 0 Å². The Kier molecular flexibility index (Phi) is 7.27. The van der Waals surface area contributed by atoms with Gasteiger partial charge in [-0.15, -0.1) is 0 Å². The van der Waals surface area contributed by atoms with Crippen LogP contribution in [0.15, 0.2) is 231 Å². The van der Waals surface area contributed by atoms with Gasteiger partial charge in [0.15, 0.2) is 0 Å². The summed E-state index contributed by atoms with van der Waals surface area (Å²) >= 11 is 0. The molecule has 4 aliphatic heterocycles. The monoisotopic (exact) mass is 856 g/mol. The molecule has 12 aromatic rings. The van der Waals surface area contributed by atoms with Gasteiger partial charge in [0.1, 0.15) is 0 Å². The zero-order chi connectivity index (χ0) is 44.2. The highest BCUT2D eigenvalue weighted by molar-refractivity contribution is 6.93. The van der Waals surface area contributed by atoms with Gasteiger partial charge in [-0.05, 0) is 135 Å². The van der Waals surface area contributed by atoms with Crippen molar-refractivity contribution in [1.82, 2.24) is 0 Å². The summed E-state index contributed by atoms with van der Waals surface area (Å²) in [5.41, 5.74) is 23.4. The third-order valence-corrected chi connectivity index (χ3v) is 15.8. The van der Waals surface area contributed by atoms with Gasteiger partial charge in [-0.25, -0.2) is 0 Å². The first-order valence-corrected chi connectivity index (χ1v) is 23.9. The van der Waals surface area contributed by atoms with E-state index in [9.17, 15) is 0 Å². The van der Waals surface area contributed by atoms with E-state index in [1.165, 1.54) is 143 Å². The average molecular weight is 857 g/mol. The predicted octanol–water partition coefficient (Wildman–Crippen LogP) is 13.8. The van der Waals surface area contributed by atoms with Crippen molar-refractivity contribution in [3.8, 4) is 55.6 Å². The molecule has 0 radical (unpaired) electrons. The summed E-state index contributed by atoms with van der Waals surface area (Å²) in [5.74, 6) is 0. The fourth-order valence-electron chi connectivity index (χ4n) is 13.0. The minimum Gasteiger partial charge on any atom is -0.376 e. The number of hydrogen-bond acceptors (Lipinski definition) is 2. The lowest BCUT2D eigenvalue weighted by Crippen LogP contribution is -2.59. The van der Waals surface area contributed by atoms with Gasteiger partial charge in [-0.2, -0.15) is 0 Å². The molecule has 0 bridgehead atoms. The Hall–Kier alpha value is -8.59. The van der Waals surface area contributed by atoms with Crippen LogP contribution in [0.3, 0.4) is 0 Å². The molecule has 4 heteroatoms. The second kappa shape index (κ2) is 13.5. The topological polar surface area (TPSA) is 6.48 Å². The molecule has 0 N–H and O–H groups in total. The van der Waals surface area contributed by atoms with Crippen LogP contribution in [-0.4, -0.2) is 13.7 Å². The summed E-state index contributed by atoms with van der Waals surface area (Å²) in [6.45, 7) is 0.0568. The molecule has 0 aliphatic carbocycles. The van der Waals surface area contributed by atoms with E-state index in [1.54, 1.807) is 0 Å². The van der Waals surface area contributed by atoms with Crippen LogP contribution >= 0.6 is 0 Å². The Morgan fingerprint density at radius 3 is 1.22 bits per heavy atom. The van der Waals surface area contributed by atoms with Crippen LogP contribution in [0.5, 0.6) is 0 Å². The normalized spacial score (nSPS) is 13.5. The number of rotatable bonds is 1. The van der Waals surface area contributed by atoms with Crippen molar-refractivity contribution >= 4 is 101 Å². The molecule has 0 aromatic heterocycles. The van der Waals surface area contributed by atoms with Gasteiger partial charge in [0.2, 0.25) is 0 Å². The van der Waals surface area contributed by atoms with Crippen LogP contribution in [0.1, 0.15) is 0 Å². The minimum absolute atomic E-state index is 0.0245. The van der Waals surface area contributed by atoms with Gasteiger partial charge >= 0.3 is 13.7 Å². The van der Waals surface area contributed by atoms with E-state index in [2.05, 4.69) is 240 Å². The first-order valence-electron chi connectivity index (χ1n) is 23.9. The Bertz CT molecular complexity index is 4210. The van der Waals surface area contributed by atoms with Gasteiger partial charge in [0, 0.05) is 45.0 Å². The Balaban J connectivity index is 0.886. The van der Waals surface area contributed by atoms with E-state index >= 15 is 0 Å². The summed E-state index contributed by atoms with van der Waals surface area (Å²) in [6, 6.07) is 87.2. The van der Waals surface area contributed by atoms with Crippen LogP contribution in [0.25, 0.3) is 98.7 Å². The van der Waals surface area contributed by atoms with E-state index in [1.807, 2.05) is 0 Å². The van der Waals surface area contributed by atoms with E-state index in [4.69, 9.17) is 0 Å². The molecule has 0 spiro atoms. The number of benzene rings is 12. The largest absolute Gasteiger partial charge is 0.376 e. The molecule has 2 nitrogen and oxygen atoms in total. The van der Waals surface area contributed by atoms with Gasteiger partial charge in [-0.3, -0.25) is 0 Å². The highest BCUT2D eigenvalue weighted by atomic mass is 15.1. The molecule has 310 valence electrons. The quantitative estimate of drug-likeness (QED) is 0.152. The van der Waals surface area contributed by atoms with E-state index in [-0.39, 0.29) is 13.7 Å². The number of fused-ring (bicyclic) bond motifs is 29. The van der Waals surface area contributed by atoms with E-state index < -0.39 is 0 Å². The van der Waals surface area contributed by atoms with Crippen LogP contribution in [0.4, 0.5) is 22.7 Å². The Labute approximate surface area is 395 Å². The molecule has 68 heavy (non-hydrogen) atoms. The van der Waals surface area contributed by atoms with Gasteiger partial charge in [0.05, 0.1) is 0 Å². The van der Waals surface area contributed by atoms with Crippen molar-refractivity contribution in [1.29, 1.82) is 0 Å². The fourth-order valence-corrected chi connectivity index (χ4v) is 13.0. The minimum atomic E-state index is 0.0245. The molecule has 0 atom stereocenters. The summed E-state index contributed by atoms with van der Waals surface area (Å²) in [5, 5.41) is 10.2. The summed E-state index contributed by atoms with van der Waals surface area (Å²) < 4.78 is 0. The van der Waals surface area contributed by atoms with E-state index in [0.29, 0.717) is 0 Å². The van der Waals surface area contributed by atoms with Crippen molar-refractivity contribution in [3.63, 3.8) is 0 Å². The highest BCUT2D eigenvalue weighted by Crippen LogP contribution is 2.51. The lowest BCUT2D eigenvalue weighted by atomic mass is 9.42. The summed E-state index contributed by atoms with van der Waals surface area (Å²) in [6.07, 6.45) is 0. The molecule has 0 amide bonds. The average Bonchev–Trinajstić information content (AvgIpc) is 3.41. The number of para-hydroxylation sites is 4. The zero-order valence-electron chi connectivity index (χ0n) is 37.0. The number of nitrogens with zero attached hydrogens (tertiary/aromatic N) is 2. The van der Waals surface area contributed by atoms with Crippen molar-refractivity contribution in [2.45, 2.75) is 0 Å². The third-order valence-electron chi connectivity index (χ3n) is 15.8. The predicted molar refractivity (Wildman–Crippen MR) is 291 cm³/mol. The smallest absolute Gasteiger partial charge is 0.329 e. The summed E-state index contributed by atoms with van der Waals surface area (Å²) in [7, 11) is 0. The maximum absolute atomic E-state index is 2.61. The number of anilines is 4. The van der Waals surface area contributed by atoms with Crippen molar-refractivity contribution in [2.24, 2.45) is 0 Å². The van der Waals surface area contributed by atoms with Crippen LogP contribution in [0, 0.1) is 0 Å². The molecule has 0 fully saturated rings. The highest BCUT2D eigenvalue weighted by Gasteiger charge is 2.45. The Morgan fingerprint density at radius 2 is 0.647 bits per heavy atom. The standard InChI is InChI=1S/C64H38B2N2/c1-3-17-45-39(14-1)29-33-54-62(45)50-21-7-11-26-60(50)68-61-27-12-8-22-51(61)64-47-32-28-42(36-43(47)31-35-55(64)65(54)68)44-23-13-16-41-37-57-53(38-52(41)44)48-19-5-9-24-58(48)67-59-25-10-6-20-49(59)63-46-18-4-2-15-40(46)30-34-56(63)66(57)67/h1-38H. The van der Waals surface area contributed by atoms with Gasteiger partial charge < -0.3 is 9.62 Å². The van der Waals surface area contributed by atoms with Gasteiger partial charge in [0.25, 0.3) is 0 Å². The van der Waals surface area contributed by atoms with Crippen LogP contribution in [0.2, 0.25) is 0 Å². The third kappa shape index (κ3) is 4.78. The first kappa shape index (κ1) is 36.6. The number of hydrogen-bond donors (Lipinski definition) is 0. The SMILES string of the molecule is c1ccc2c(c1)-c1cc3c(-c4ccc5c6c(ccc5c4)B4c5ccc7ccccc7c5-c5ccccc5N4c4ccccc4-6)cccc3cc1B1c3ccc4ccccc4c3-c3ccccc3N12. The Morgan fingerprint density at radius 1 is 0.235 bits per heavy atom. The molecule has 0 unspecified atom stereocenters. The molecule has 0 saturated heterocycles. The van der Waals surface area contributed by atoms with Crippen molar-refractivity contribution in [3.05, 3.63) is 231 Å². The zero-order valence-corrected chi connectivity index (χ0v) is 37.0. The lowest BCUT2D eigenvalue weighted by Gasteiger charge is -2.44. The second-order valence-corrected chi connectivity index (χ2v) is 19.0. The summed E-state index contributed by atoms with van der Waals surface area (Å²) in [4.78, 5) is 5.21. The second-order valence-electron chi connectivity index (χ2n) is 19.0. The molecule has 0 saturated carbocycles. The molecular weight excluding hydrogens is 818 g/mol. The molecule has 12 aromatic carbocycles. The lowest BCUT2D eigenvalue weighted by molar-refractivity contribution is 1.35. The maximum Gasteiger partial charge on any atom is 0.329 e.